The molecule has 1 aromatic heterocycles. The average Bonchev–Trinajstić information content (AvgIpc) is 3.33. The maximum atomic E-state index is 14.7. The number of ether oxygens (including phenoxy) is 2. The monoisotopic (exact) mass is 484 g/mol. The Hall–Kier alpha value is -2.67. The maximum Gasteiger partial charge on any atom is 0.273 e. The van der Waals surface area contributed by atoms with Crippen LogP contribution in [0.2, 0.25) is 0 Å². The minimum atomic E-state index is -3.49. The Balaban J connectivity index is 1.62. The molecule has 34 heavy (non-hydrogen) atoms. The molecule has 4 rings (SSSR count). The molecule has 1 saturated carbocycles. The van der Waals surface area contributed by atoms with E-state index in [9.17, 15) is 27.5 Å². The van der Waals surface area contributed by atoms with Gasteiger partial charge in [-0.25, -0.2) is 27.5 Å². The van der Waals surface area contributed by atoms with Crippen LogP contribution in [0, 0.1) is 5.82 Å². The molecule has 1 atom stereocenters. The third-order valence-electron chi connectivity index (χ3n) is 5.74. The summed E-state index contributed by atoms with van der Waals surface area (Å²) in [6.07, 6.45) is 0.0791. The van der Waals surface area contributed by atoms with Crippen molar-refractivity contribution in [2.75, 3.05) is 25.2 Å². The highest BCUT2D eigenvalue weighted by atomic mass is 19.3. The first-order valence-corrected chi connectivity index (χ1v) is 10.7. The molecule has 1 unspecified atom stereocenters. The second-order valence-electron chi connectivity index (χ2n) is 8.44. The molecular weight excluding hydrogens is 460 g/mol. The van der Waals surface area contributed by atoms with Crippen molar-refractivity contribution in [1.29, 1.82) is 0 Å². The van der Waals surface area contributed by atoms with Crippen LogP contribution in [-0.2, 0) is 21.8 Å². The number of aromatic nitrogens is 2. The Morgan fingerprint density at radius 2 is 2.00 bits per heavy atom. The molecular formula is C22H24F4N4O4. The molecule has 1 aromatic carbocycles. The summed E-state index contributed by atoms with van der Waals surface area (Å²) in [6.45, 7) is 0.407. The lowest BCUT2D eigenvalue weighted by Gasteiger charge is -2.22. The molecule has 1 aliphatic carbocycles. The maximum absolute atomic E-state index is 14.7. The number of carbonyl (C=O) groups is 1. The van der Waals surface area contributed by atoms with E-state index in [2.05, 4.69) is 20.6 Å². The number of alkyl halides is 3. The first-order valence-electron chi connectivity index (χ1n) is 10.7. The van der Waals surface area contributed by atoms with E-state index in [0.717, 1.165) is 24.5 Å². The van der Waals surface area contributed by atoms with Crippen molar-refractivity contribution in [1.82, 2.24) is 15.3 Å². The van der Waals surface area contributed by atoms with E-state index in [0.29, 0.717) is 19.8 Å². The van der Waals surface area contributed by atoms with Gasteiger partial charge in [-0.2, -0.15) is 0 Å². The lowest BCUT2D eigenvalue weighted by atomic mass is 10.0. The third kappa shape index (κ3) is 5.19. The highest BCUT2D eigenvalue weighted by molar-refractivity contribution is 6.04. The van der Waals surface area contributed by atoms with Crippen LogP contribution >= 0.6 is 0 Å². The Labute approximate surface area is 192 Å². The summed E-state index contributed by atoms with van der Waals surface area (Å²) in [5, 5.41) is 15.7. The number of hydrogen-bond acceptors (Lipinski definition) is 7. The fraction of sp³-hybridized carbons (Fsp3) is 0.500. The van der Waals surface area contributed by atoms with Crippen LogP contribution in [0.1, 0.15) is 53.2 Å². The number of halogens is 4. The number of hydrogen-bond donors (Lipinski definition) is 3. The topological polar surface area (TPSA) is 106 Å². The van der Waals surface area contributed by atoms with Crippen molar-refractivity contribution in [3.05, 3.63) is 52.7 Å². The number of carbonyl (C=O) groups excluding carboxylic acids is 1. The largest absolute Gasteiger partial charge is 0.378 e. The summed E-state index contributed by atoms with van der Waals surface area (Å²) in [4.78, 5) is 21.0. The molecule has 3 N–H and O–H groups in total. The zero-order chi connectivity index (χ0) is 24.5. The second-order valence-corrected chi connectivity index (χ2v) is 8.44. The molecule has 0 bridgehead atoms. The van der Waals surface area contributed by atoms with Gasteiger partial charge in [-0.3, -0.25) is 10.1 Å². The van der Waals surface area contributed by atoms with Gasteiger partial charge in [0.15, 0.2) is 6.29 Å². The van der Waals surface area contributed by atoms with E-state index >= 15 is 0 Å². The number of nitrogens with zero attached hydrogens (tertiary/aromatic N) is 2. The Kier molecular flexibility index (Phi) is 6.85. The smallest absolute Gasteiger partial charge is 0.273 e. The highest BCUT2D eigenvalue weighted by Crippen LogP contribution is 2.37. The van der Waals surface area contributed by atoms with Crippen molar-refractivity contribution in [3.8, 4) is 0 Å². The van der Waals surface area contributed by atoms with Crippen molar-refractivity contribution >= 4 is 11.7 Å². The van der Waals surface area contributed by atoms with Gasteiger partial charge in [-0.05, 0) is 18.9 Å². The van der Waals surface area contributed by atoms with Crippen LogP contribution in [0.5, 0.6) is 0 Å². The number of benzene rings is 1. The predicted octanol–water partition coefficient (Wildman–Crippen LogP) is 2.98. The van der Waals surface area contributed by atoms with Crippen LogP contribution in [0.4, 0.5) is 23.4 Å². The summed E-state index contributed by atoms with van der Waals surface area (Å²) in [5.41, 5.74) is -1.83. The summed E-state index contributed by atoms with van der Waals surface area (Å²) in [6, 6.07) is 3.13. The number of aliphatic hydroxyl groups excluding tert-OH is 1. The second kappa shape index (κ2) is 9.53. The Bertz CT molecular complexity index is 1060. The van der Waals surface area contributed by atoms with Gasteiger partial charge in [-0.1, -0.05) is 12.1 Å². The van der Waals surface area contributed by atoms with Gasteiger partial charge >= 0.3 is 0 Å². The minimum Gasteiger partial charge on any atom is -0.378 e. The average molecular weight is 484 g/mol. The van der Waals surface area contributed by atoms with Gasteiger partial charge in [0.25, 0.3) is 11.8 Å². The Morgan fingerprint density at radius 3 is 2.62 bits per heavy atom. The molecule has 2 aromatic rings. The molecule has 8 nitrogen and oxygen atoms in total. The highest BCUT2D eigenvalue weighted by Gasteiger charge is 2.44. The molecule has 2 heterocycles. The molecule has 0 radical (unpaired) electrons. The lowest BCUT2D eigenvalue weighted by molar-refractivity contribution is -0.0450. The molecule has 1 amide bonds. The fourth-order valence-electron chi connectivity index (χ4n) is 3.74. The number of amides is 1. The standard InChI is InChI=1S/C22H24F4N4O4/c1-21(25,26)13-4-2-3-12(17(13)24)19(32)29-18-16(20-33-7-8-34-20)14(27-11-28-18)9-15(31)30-22(10-23)5-6-22/h2-4,11,15,20,30-31H,5-10H2,1H3,(H,27,28,29,32). The van der Waals surface area contributed by atoms with Crippen LogP contribution in [0.15, 0.2) is 24.5 Å². The van der Waals surface area contributed by atoms with E-state index in [1.807, 2.05) is 0 Å². The van der Waals surface area contributed by atoms with E-state index in [1.54, 1.807) is 0 Å². The van der Waals surface area contributed by atoms with Crippen LogP contribution in [0.3, 0.4) is 0 Å². The van der Waals surface area contributed by atoms with Gasteiger partial charge in [0.2, 0.25) is 0 Å². The van der Waals surface area contributed by atoms with Crippen molar-refractivity contribution < 1.29 is 36.9 Å². The van der Waals surface area contributed by atoms with Crippen LogP contribution in [-0.4, -0.2) is 52.6 Å². The molecule has 2 aliphatic rings. The van der Waals surface area contributed by atoms with Gasteiger partial charge in [0.1, 0.15) is 30.9 Å². The molecule has 1 aliphatic heterocycles. The molecule has 184 valence electrons. The number of aliphatic hydroxyl groups is 1. The zero-order valence-electron chi connectivity index (χ0n) is 18.3. The number of rotatable bonds is 9. The number of nitrogens with one attached hydrogen (secondary N) is 2. The third-order valence-corrected chi connectivity index (χ3v) is 5.74. The van der Waals surface area contributed by atoms with E-state index in [-0.39, 0.29) is 36.7 Å². The van der Waals surface area contributed by atoms with E-state index in [1.165, 1.54) is 0 Å². The summed E-state index contributed by atoms with van der Waals surface area (Å²) < 4.78 is 66.3. The molecule has 12 heteroatoms. The normalized spacial score (nSPS) is 18.6. The van der Waals surface area contributed by atoms with Gasteiger partial charge < -0.3 is 19.9 Å². The molecule has 0 spiro atoms. The summed E-state index contributed by atoms with van der Waals surface area (Å²) in [7, 11) is 0. The van der Waals surface area contributed by atoms with Crippen LogP contribution < -0.4 is 10.6 Å². The van der Waals surface area contributed by atoms with Gasteiger partial charge in [-0.15, -0.1) is 0 Å². The van der Waals surface area contributed by atoms with Crippen LogP contribution in [0.25, 0.3) is 0 Å². The molecule has 2 fully saturated rings. The first-order chi connectivity index (χ1) is 16.1. The van der Waals surface area contributed by atoms with E-state index in [4.69, 9.17) is 9.47 Å². The van der Waals surface area contributed by atoms with Crippen molar-refractivity contribution in [3.63, 3.8) is 0 Å². The number of anilines is 1. The SMILES string of the molecule is CC(F)(F)c1cccc(C(=O)Nc2ncnc(CC(O)NC3(CF)CC3)c2C2OCCO2)c1F. The van der Waals surface area contributed by atoms with E-state index < -0.39 is 53.5 Å². The van der Waals surface area contributed by atoms with Gasteiger partial charge in [0.05, 0.1) is 35.6 Å². The quantitative estimate of drug-likeness (QED) is 0.371. The lowest BCUT2D eigenvalue weighted by Crippen LogP contribution is -2.43. The van der Waals surface area contributed by atoms with Crippen molar-refractivity contribution in [2.24, 2.45) is 0 Å². The Morgan fingerprint density at radius 1 is 1.29 bits per heavy atom. The molecule has 1 saturated heterocycles. The summed E-state index contributed by atoms with van der Waals surface area (Å²) >= 11 is 0. The zero-order valence-corrected chi connectivity index (χ0v) is 18.3. The summed E-state index contributed by atoms with van der Waals surface area (Å²) in [5.74, 6) is -5.94. The predicted molar refractivity (Wildman–Crippen MR) is 111 cm³/mol. The minimum absolute atomic E-state index is 0.0857. The van der Waals surface area contributed by atoms with Crippen molar-refractivity contribution in [2.45, 2.75) is 50.2 Å². The fourth-order valence-corrected chi connectivity index (χ4v) is 3.74. The van der Waals surface area contributed by atoms with Gasteiger partial charge in [0, 0.05) is 18.9 Å². The first kappa shape index (κ1) is 24.5.